The molecule has 0 saturated carbocycles. The number of hydrogen-bond donors (Lipinski definition) is 2. The van der Waals surface area contributed by atoms with Gasteiger partial charge in [0.25, 0.3) is 0 Å². The van der Waals surface area contributed by atoms with Gasteiger partial charge in [0, 0.05) is 18.0 Å². The number of aromatic nitrogens is 1. The average Bonchev–Trinajstić information content (AvgIpc) is 2.67. The van der Waals surface area contributed by atoms with E-state index in [-0.39, 0.29) is 11.9 Å². The summed E-state index contributed by atoms with van der Waals surface area (Å²) in [5, 5.41) is 3.48. The van der Waals surface area contributed by atoms with Crippen molar-refractivity contribution in [1.29, 1.82) is 0 Å². The molecule has 2 rings (SSSR count). The number of methoxy groups -OCH3 is 1. The Balaban J connectivity index is 1.96. The summed E-state index contributed by atoms with van der Waals surface area (Å²) >= 11 is 1.54. The lowest BCUT2D eigenvalue weighted by atomic mass is 9.99. The van der Waals surface area contributed by atoms with E-state index in [1.807, 2.05) is 0 Å². The molecular formula is C11H17N3O2S. The Morgan fingerprint density at radius 1 is 1.71 bits per heavy atom. The first-order valence-corrected chi connectivity index (χ1v) is 6.53. The van der Waals surface area contributed by atoms with Gasteiger partial charge in [-0.3, -0.25) is 4.79 Å². The molecule has 17 heavy (non-hydrogen) atoms. The van der Waals surface area contributed by atoms with Gasteiger partial charge >= 0.3 is 0 Å². The lowest BCUT2D eigenvalue weighted by molar-refractivity contribution is -0.117. The van der Waals surface area contributed by atoms with Gasteiger partial charge in [-0.2, -0.15) is 0 Å². The number of nitrogens with one attached hydrogen (secondary N) is 1. The average molecular weight is 255 g/mol. The summed E-state index contributed by atoms with van der Waals surface area (Å²) < 4.78 is 4.85. The molecule has 3 N–H and O–H groups in total. The highest BCUT2D eigenvalue weighted by atomic mass is 32.1. The number of amides is 1. The minimum absolute atomic E-state index is 0.0535. The van der Waals surface area contributed by atoms with Crippen LogP contribution in [0.4, 0.5) is 5.13 Å². The predicted octanol–water partition coefficient (Wildman–Crippen LogP) is 0.934. The molecule has 1 aliphatic rings. The van der Waals surface area contributed by atoms with Crippen LogP contribution in [0.2, 0.25) is 0 Å². The molecular weight excluding hydrogens is 238 g/mol. The van der Waals surface area contributed by atoms with Gasteiger partial charge in [-0.15, -0.1) is 11.3 Å². The quantitative estimate of drug-likeness (QED) is 0.839. The zero-order chi connectivity index (χ0) is 12.3. The molecule has 1 amide bonds. The first-order valence-electron chi connectivity index (χ1n) is 5.72. The molecule has 1 heterocycles. The molecule has 0 bridgehead atoms. The van der Waals surface area contributed by atoms with Crippen molar-refractivity contribution in [2.75, 3.05) is 19.0 Å². The molecule has 6 heteroatoms. The van der Waals surface area contributed by atoms with Crippen LogP contribution in [0.5, 0.6) is 0 Å². The van der Waals surface area contributed by atoms with E-state index in [1.54, 1.807) is 7.11 Å². The number of nitrogens with zero attached hydrogens (tertiary/aromatic N) is 1. The van der Waals surface area contributed by atoms with E-state index in [4.69, 9.17) is 10.5 Å². The molecule has 0 unspecified atom stereocenters. The smallest absolute Gasteiger partial charge is 0.228 e. The molecule has 1 aromatic heterocycles. The monoisotopic (exact) mass is 255 g/mol. The molecule has 5 nitrogen and oxygen atoms in total. The van der Waals surface area contributed by atoms with E-state index in [2.05, 4.69) is 10.3 Å². The van der Waals surface area contributed by atoms with Gasteiger partial charge in [-0.1, -0.05) is 0 Å². The zero-order valence-corrected chi connectivity index (χ0v) is 10.7. The molecule has 1 aliphatic carbocycles. The van der Waals surface area contributed by atoms with Crippen LogP contribution in [-0.2, 0) is 22.4 Å². The summed E-state index contributed by atoms with van der Waals surface area (Å²) in [4.78, 5) is 17.1. The standard InChI is InChI=1S/C11H17N3O2S/c1-16-5-4-10(15)14-11-13-8-3-2-7(12)6-9(8)17-11/h7H,2-6,12H2,1H3,(H,13,14,15)/t7-/m0/s1. The fourth-order valence-electron chi connectivity index (χ4n) is 1.83. The molecule has 0 radical (unpaired) electrons. The lowest BCUT2D eigenvalue weighted by Crippen LogP contribution is -2.27. The summed E-state index contributed by atoms with van der Waals surface area (Å²) in [7, 11) is 1.58. The Morgan fingerprint density at radius 2 is 2.53 bits per heavy atom. The maximum absolute atomic E-state index is 11.5. The number of anilines is 1. The van der Waals surface area contributed by atoms with Gasteiger partial charge in [0.05, 0.1) is 18.7 Å². The molecule has 1 aromatic rings. The Kier molecular flexibility index (Phi) is 4.09. The molecule has 0 aliphatic heterocycles. The number of aryl methyl sites for hydroxylation is 1. The van der Waals surface area contributed by atoms with Crippen LogP contribution in [0.3, 0.4) is 0 Å². The second kappa shape index (κ2) is 5.57. The van der Waals surface area contributed by atoms with Crippen LogP contribution in [0.1, 0.15) is 23.4 Å². The van der Waals surface area contributed by atoms with E-state index < -0.39 is 0 Å². The summed E-state index contributed by atoms with van der Waals surface area (Å²) in [6.45, 7) is 0.432. The summed E-state index contributed by atoms with van der Waals surface area (Å²) in [5.41, 5.74) is 7.00. The van der Waals surface area contributed by atoms with Crippen molar-refractivity contribution >= 4 is 22.4 Å². The Labute approximate surface area is 104 Å². The number of nitrogens with two attached hydrogens (primary N) is 1. The number of hydrogen-bond acceptors (Lipinski definition) is 5. The van der Waals surface area contributed by atoms with E-state index in [1.165, 1.54) is 16.2 Å². The van der Waals surface area contributed by atoms with Gasteiger partial charge in [-0.05, 0) is 19.3 Å². The second-order valence-corrected chi connectivity index (χ2v) is 5.27. The van der Waals surface area contributed by atoms with E-state index in [0.717, 1.165) is 25.0 Å². The maximum atomic E-state index is 11.5. The minimum Gasteiger partial charge on any atom is -0.384 e. The van der Waals surface area contributed by atoms with Crippen LogP contribution < -0.4 is 11.1 Å². The minimum atomic E-state index is -0.0535. The van der Waals surface area contributed by atoms with Crippen LogP contribution in [-0.4, -0.2) is 30.6 Å². The Bertz CT molecular complexity index is 405. The van der Waals surface area contributed by atoms with E-state index in [9.17, 15) is 4.79 Å². The second-order valence-electron chi connectivity index (χ2n) is 4.18. The molecule has 0 saturated heterocycles. The van der Waals surface area contributed by atoms with Crippen LogP contribution in [0.25, 0.3) is 0 Å². The van der Waals surface area contributed by atoms with Gasteiger partial charge in [-0.25, -0.2) is 4.98 Å². The van der Waals surface area contributed by atoms with Crippen molar-refractivity contribution in [3.63, 3.8) is 0 Å². The number of rotatable bonds is 4. The van der Waals surface area contributed by atoms with Crippen molar-refractivity contribution < 1.29 is 9.53 Å². The van der Waals surface area contributed by atoms with Crippen molar-refractivity contribution in [3.8, 4) is 0 Å². The van der Waals surface area contributed by atoms with Crippen molar-refractivity contribution in [1.82, 2.24) is 4.98 Å². The van der Waals surface area contributed by atoms with Crippen LogP contribution >= 0.6 is 11.3 Å². The maximum Gasteiger partial charge on any atom is 0.228 e. The third-order valence-corrected chi connectivity index (χ3v) is 3.79. The number of carbonyl (C=O) groups excluding carboxylic acids is 1. The number of fused-ring (bicyclic) bond motifs is 1. The summed E-state index contributed by atoms with van der Waals surface area (Å²) in [6, 6.07) is 0.236. The van der Waals surface area contributed by atoms with Crippen molar-refractivity contribution in [2.24, 2.45) is 5.73 Å². The number of carbonyl (C=O) groups is 1. The Morgan fingerprint density at radius 3 is 3.29 bits per heavy atom. The van der Waals surface area contributed by atoms with Crippen molar-refractivity contribution in [3.05, 3.63) is 10.6 Å². The highest BCUT2D eigenvalue weighted by Gasteiger charge is 2.20. The van der Waals surface area contributed by atoms with E-state index in [0.29, 0.717) is 18.2 Å². The first kappa shape index (κ1) is 12.5. The first-order chi connectivity index (χ1) is 8.19. The fourth-order valence-corrected chi connectivity index (χ4v) is 2.95. The largest absolute Gasteiger partial charge is 0.384 e. The predicted molar refractivity (Wildman–Crippen MR) is 67.2 cm³/mol. The molecule has 1 atom stereocenters. The number of thiazole rings is 1. The molecule has 0 spiro atoms. The zero-order valence-electron chi connectivity index (χ0n) is 9.86. The molecule has 94 valence electrons. The molecule has 0 fully saturated rings. The van der Waals surface area contributed by atoms with Crippen LogP contribution in [0, 0.1) is 0 Å². The SMILES string of the molecule is COCCC(=O)Nc1nc2c(s1)C[C@@H](N)CC2. The highest BCUT2D eigenvalue weighted by molar-refractivity contribution is 7.15. The van der Waals surface area contributed by atoms with Gasteiger partial charge in [0.1, 0.15) is 0 Å². The van der Waals surface area contributed by atoms with Gasteiger partial charge in [0.15, 0.2) is 5.13 Å². The summed E-state index contributed by atoms with van der Waals surface area (Å²) in [6.07, 6.45) is 3.13. The van der Waals surface area contributed by atoms with E-state index >= 15 is 0 Å². The van der Waals surface area contributed by atoms with Crippen molar-refractivity contribution in [2.45, 2.75) is 31.7 Å². The van der Waals surface area contributed by atoms with Gasteiger partial charge < -0.3 is 15.8 Å². The normalized spacial score (nSPS) is 18.8. The third-order valence-electron chi connectivity index (χ3n) is 2.76. The van der Waals surface area contributed by atoms with Crippen LogP contribution in [0.15, 0.2) is 0 Å². The topological polar surface area (TPSA) is 77.2 Å². The third kappa shape index (κ3) is 3.24. The number of ether oxygens (including phenoxy) is 1. The fraction of sp³-hybridized carbons (Fsp3) is 0.636. The highest BCUT2D eigenvalue weighted by Crippen LogP contribution is 2.29. The van der Waals surface area contributed by atoms with Gasteiger partial charge in [0.2, 0.25) is 5.91 Å². The Hall–Kier alpha value is -0.980. The summed E-state index contributed by atoms with van der Waals surface area (Å²) in [5.74, 6) is -0.0535. The lowest BCUT2D eigenvalue weighted by Gasteiger charge is -2.15. The molecule has 0 aromatic carbocycles.